The highest BCUT2D eigenvalue weighted by atomic mass is 16.5. The zero-order chi connectivity index (χ0) is 22.5. The van der Waals surface area contributed by atoms with Crippen molar-refractivity contribution in [3.63, 3.8) is 0 Å². The van der Waals surface area contributed by atoms with Gasteiger partial charge in [-0.15, -0.1) is 0 Å². The second-order valence-electron chi connectivity index (χ2n) is 7.32. The number of para-hydroxylation sites is 2. The largest absolute Gasteiger partial charge is 0.493 e. The number of ether oxygens (including phenoxy) is 2. The van der Waals surface area contributed by atoms with E-state index in [2.05, 4.69) is 15.3 Å². The van der Waals surface area contributed by atoms with E-state index in [0.29, 0.717) is 34.3 Å². The first-order valence-electron chi connectivity index (χ1n) is 10.2. The highest BCUT2D eigenvalue weighted by Gasteiger charge is 2.12. The van der Waals surface area contributed by atoms with Crippen LogP contribution in [0.2, 0.25) is 0 Å². The predicted molar refractivity (Wildman–Crippen MR) is 124 cm³/mol. The van der Waals surface area contributed by atoms with Crippen molar-refractivity contribution < 1.29 is 14.3 Å². The highest BCUT2D eigenvalue weighted by Crippen LogP contribution is 2.30. The molecule has 0 saturated carbocycles. The summed E-state index contributed by atoms with van der Waals surface area (Å²) in [5.74, 6) is 1.81. The number of nitrogens with one attached hydrogen (secondary N) is 1. The van der Waals surface area contributed by atoms with E-state index in [1.807, 2.05) is 62.4 Å². The lowest BCUT2D eigenvalue weighted by molar-refractivity contribution is 0.102. The van der Waals surface area contributed by atoms with Crippen LogP contribution in [-0.2, 0) is 0 Å². The Morgan fingerprint density at radius 1 is 0.906 bits per heavy atom. The number of benzene rings is 3. The molecule has 4 rings (SSSR count). The Bertz CT molecular complexity index is 1270. The van der Waals surface area contributed by atoms with E-state index >= 15 is 0 Å². The number of hydrogen-bond donors (Lipinski definition) is 1. The summed E-state index contributed by atoms with van der Waals surface area (Å²) in [6.07, 6.45) is 1.62. The summed E-state index contributed by atoms with van der Waals surface area (Å²) in [5, 5.41) is 2.97. The summed E-state index contributed by atoms with van der Waals surface area (Å²) in [6, 6.07) is 22.1. The van der Waals surface area contributed by atoms with Crippen molar-refractivity contribution in [3.8, 4) is 28.8 Å². The third-order valence-corrected chi connectivity index (χ3v) is 4.93. The fraction of sp³-hybridized carbons (Fsp3) is 0.115. The smallest absolute Gasteiger partial charge is 0.255 e. The molecule has 0 unspecified atom stereocenters. The van der Waals surface area contributed by atoms with Crippen LogP contribution in [0.3, 0.4) is 0 Å². The van der Waals surface area contributed by atoms with Crippen LogP contribution in [0.15, 0.2) is 79.0 Å². The van der Waals surface area contributed by atoms with Crippen LogP contribution in [0.1, 0.15) is 21.5 Å². The molecule has 160 valence electrons. The topological polar surface area (TPSA) is 73.3 Å². The summed E-state index contributed by atoms with van der Waals surface area (Å²) < 4.78 is 11.2. The van der Waals surface area contributed by atoms with Gasteiger partial charge in [0.1, 0.15) is 0 Å². The molecule has 4 aromatic rings. The Labute approximate surface area is 186 Å². The first kappa shape index (κ1) is 21.1. The van der Waals surface area contributed by atoms with Crippen LogP contribution in [-0.4, -0.2) is 23.0 Å². The molecule has 3 aromatic carbocycles. The summed E-state index contributed by atoms with van der Waals surface area (Å²) in [6.45, 7) is 3.99. The normalized spacial score (nSPS) is 10.5. The SMILES string of the molecule is COc1ccccc1Oc1ccnc(-c2cccc(C(=O)Nc3ccc(C)cc3C)c2)n1. The van der Waals surface area contributed by atoms with Gasteiger partial charge in [-0.1, -0.05) is 42.0 Å². The molecule has 0 bridgehead atoms. The predicted octanol–water partition coefficient (Wildman–Crippen LogP) is 5.81. The van der Waals surface area contributed by atoms with Crippen molar-refractivity contribution in [2.75, 3.05) is 12.4 Å². The number of amides is 1. The lowest BCUT2D eigenvalue weighted by atomic mass is 10.1. The van der Waals surface area contributed by atoms with Crippen molar-refractivity contribution in [2.24, 2.45) is 0 Å². The number of aryl methyl sites for hydroxylation is 2. The fourth-order valence-electron chi connectivity index (χ4n) is 3.30. The summed E-state index contributed by atoms with van der Waals surface area (Å²) >= 11 is 0. The van der Waals surface area contributed by atoms with Crippen LogP contribution in [0.4, 0.5) is 5.69 Å². The molecule has 1 N–H and O–H groups in total. The third kappa shape index (κ3) is 4.75. The number of rotatable bonds is 6. The number of hydrogen-bond acceptors (Lipinski definition) is 5. The molecule has 6 nitrogen and oxygen atoms in total. The minimum atomic E-state index is -0.194. The molecule has 1 amide bonds. The van der Waals surface area contributed by atoms with Crippen molar-refractivity contribution >= 4 is 11.6 Å². The Kier molecular flexibility index (Phi) is 6.12. The molecular weight excluding hydrogens is 402 g/mol. The van der Waals surface area contributed by atoms with Gasteiger partial charge in [0.25, 0.3) is 5.91 Å². The average molecular weight is 425 g/mol. The minimum absolute atomic E-state index is 0.194. The number of anilines is 1. The molecule has 0 spiro atoms. The molecule has 1 aromatic heterocycles. The van der Waals surface area contributed by atoms with Crippen molar-refractivity contribution in [1.29, 1.82) is 0 Å². The monoisotopic (exact) mass is 425 g/mol. The second kappa shape index (κ2) is 9.31. The van der Waals surface area contributed by atoms with Crippen molar-refractivity contribution in [1.82, 2.24) is 9.97 Å². The molecule has 6 heteroatoms. The summed E-state index contributed by atoms with van der Waals surface area (Å²) in [5.41, 5.74) is 4.18. The summed E-state index contributed by atoms with van der Waals surface area (Å²) in [4.78, 5) is 21.7. The molecule has 0 saturated heterocycles. The molecule has 0 aliphatic rings. The Morgan fingerprint density at radius 2 is 1.72 bits per heavy atom. The van der Waals surface area contributed by atoms with E-state index in [0.717, 1.165) is 16.8 Å². The second-order valence-corrected chi connectivity index (χ2v) is 7.32. The zero-order valence-corrected chi connectivity index (χ0v) is 18.1. The van der Waals surface area contributed by atoms with E-state index in [9.17, 15) is 4.79 Å². The summed E-state index contributed by atoms with van der Waals surface area (Å²) in [7, 11) is 1.59. The van der Waals surface area contributed by atoms with Gasteiger partial charge in [0.2, 0.25) is 5.88 Å². The average Bonchev–Trinajstić information content (AvgIpc) is 2.81. The molecular formula is C26H23N3O3. The van der Waals surface area contributed by atoms with E-state index in [4.69, 9.17) is 9.47 Å². The molecule has 1 heterocycles. The van der Waals surface area contributed by atoms with Crippen molar-refractivity contribution in [3.05, 3.63) is 95.7 Å². The molecule has 32 heavy (non-hydrogen) atoms. The molecule has 0 aliphatic heterocycles. The first-order valence-corrected chi connectivity index (χ1v) is 10.2. The quantitative estimate of drug-likeness (QED) is 0.422. The van der Waals surface area contributed by atoms with Gasteiger partial charge in [0, 0.05) is 29.1 Å². The van der Waals surface area contributed by atoms with Gasteiger partial charge in [-0.25, -0.2) is 4.98 Å². The number of aromatic nitrogens is 2. The van der Waals surface area contributed by atoms with Gasteiger partial charge in [0.05, 0.1) is 7.11 Å². The van der Waals surface area contributed by atoms with Gasteiger partial charge in [-0.3, -0.25) is 4.79 Å². The van der Waals surface area contributed by atoms with Gasteiger partial charge in [0.15, 0.2) is 17.3 Å². The van der Waals surface area contributed by atoms with Crippen LogP contribution in [0.5, 0.6) is 17.4 Å². The Balaban J connectivity index is 1.56. The van der Waals surface area contributed by atoms with Crippen molar-refractivity contribution in [2.45, 2.75) is 13.8 Å². The number of carbonyl (C=O) groups excluding carboxylic acids is 1. The Hall–Kier alpha value is -4.19. The molecule has 0 atom stereocenters. The highest BCUT2D eigenvalue weighted by molar-refractivity contribution is 6.05. The van der Waals surface area contributed by atoms with E-state index in [-0.39, 0.29) is 5.91 Å². The van der Waals surface area contributed by atoms with Crippen LogP contribution < -0.4 is 14.8 Å². The number of nitrogens with zero attached hydrogens (tertiary/aromatic N) is 2. The number of carbonyl (C=O) groups is 1. The van der Waals surface area contributed by atoms with E-state index in [1.165, 1.54) is 0 Å². The minimum Gasteiger partial charge on any atom is -0.493 e. The zero-order valence-electron chi connectivity index (χ0n) is 18.1. The lowest BCUT2D eigenvalue weighted by Crippen LogP contribution is -2.13. The Morgan fingerprint density at radius 3 is 2.50 bits per heavy atom. The molecule has 0 aliphatic carbocycles. The standard InChI is InChI=1S/C26H23N3O3/c1-17-11-12-21(18(2)15-17)28-26(30)20-8-6-7-19(16-20)25-27-14-13-24(29-25)32-23-10-5-4-9-22(23)31-3/h4-16H,1-3H3,(H,28,30). The van der Waals surface area contributed by atoms with Crippen LogP contribution in [0, 0.1) is 13.8 Å². The van der Waals surface area contributed by atoms with Crippen LogP contribution in [0.25, 0.3) is 11.4 Å². The lowest BCUT2D eigenvalue weighted by Gasteiger charge is -2.11. The number of methoxy groups -OCH3 is 1. The maximum atomic E-state index is 12.8. The fourth-order valence-corrected chi connectivity index (χ4v) is 3.30. The maximum absolute atomic E-state index is 12.8. The third-order valence-electron chi connectivity index (χ3n) is 4.93. The van der Waals surface area contributed by atoms with E-state index < -0.39 is 0 Å². The maximum Gasteiger partial charge on any atom is 0.255 e. The van der Waals surface area contributed by atoms with Gasteiger partial charge in [-0.2, -0.15) is 4.98 Å². The van der Waals surface area contributed by atoms with Crippen LogP contribution >= 0.6 is 0 Å². The van der Waals surface area contributed by atoms with Gasteiger partial charge < -0.3 is 14.8 Å². The van der Waals surface area contributed by atoms with E-state index in [1.54, 1.807) is 37.6 Å². The van der Waals surface area contributed by atoms with Gasteiger partial charge >= 0.3 is 0 Å². The molecule has 0 radical (unpaired) electrons. The first-order chi connectivity index (χ1) is 15.5. The molecule has 0 fully saturated rings. The van der Waals surface area contributed by atoms with Gasteiger partial charge in [-0.05, 0) is 49.7 Å².